The molecule has 49 heavy (non-hydrogen) atoms. The van der Waals surface area contributed by atoms with Crippen LogP contribution in [0, 0.1) is 0 Å². The summed E-state index contributed by atoms with van der Waals surface area (Å²) in [5.74, 6) is 0. The van der Waals surface area contributed by atoms with Crippen LogP contribution in [-0.2, 0) is 0 Å². The second-order valence-electron chi connectivity index (χ2n) is 12.0. The van der Waals surface area contributed by atoms with E-state index in [0.717, 1.165) is 50.3 Å². The Morgan fingerprint density at radius 3 is 1.53 bits per heavy atom. The van der Waals surface area contributed by atoms with E-state index in [4.69, 9.17) is 10.2 Å². The number of benzene rings is 7. The summed E-state index contributed by atoms with van der Waals surface area (Å²) in [6, 6.07) is 62.1. The van der Waals surface area contributed by atoms with Gasteiger partial charge in [0.2, 0.25) is 0 Å². The van der Waals surface area contributed by atoms with Crippen LogP contribution in [-0.4, -0.2) is 15.4 Å². The lowest BCUT2D eigenvalue weighted by molar-refractivity contribution is 0.879. The van der Waals surface area contributed by atoms with Gasteiger partial charge in [0.25, 0.3) is 0 Å². The summed E-state index contributed by atoms with van der Waals surface area (Å²) in [5, 5.41) is 16.5. The monoisotopic (exact) mass is 643 g/mol. The Labute approximate surface area is 288 Å². The van der Waals surface area contributed by atoms with Crippen molar-refractivity contribution in [1.29, 1.82) is 0 Å². The van der Waals surface area contributed by atoms with Gasteiger partial charge in [-0.25, -0.2) is 0 Å². The minimum absolute atomic E-state index is 0.807. The molecule has 0 aliphatic rings. The summed E-state index contributed by atoms with van der Waals surface area (Å²) in [4.78, 5) is 0. The van der Waals surface area contributed by atoms with E-state index < -0.39 is 0 Å². The molecule has 2 aromatic heterocycles. The lowest BCUT2D eigenvalue weighted by atomic mass is 9.84. The molecule has 0 aliphatic heterocycles. The Morgan fingerprint density at radius 1 is 0.327 bits per heavy atom. The number of fused-ring (bicyclic) bond motifs is 3. The van der Waals surface area contributed by atoms with Crippen molar-refractivity contribution in [3.05, 3.63) is 176 Å². The lowest BCUT2D eigenvalue weighted by Gasteiger charge is -2.20. The smallest absolute Gasteiger partial charge is 0.106 e. The van der Waals surface area contributed by atoms with Crippen molar-refractivity contribution in [2.75, 3.05) is 0 Å². The normalized spacial score (nSPS) is 11.3. The van der Waals surface area contributed by atoms with E-state index in [1.807, 2.05) is 35.6 Å². The van der Waals surface area contributed by atoms with Crippen LogP contribution in [0.3, 0.4) is 0 Å². The maximum atomic E-state index is 4.95. The van der Waals surface area contributed by atoms with Gasteiger partial charge in [-0.3, -0.25) is 0 Å². The van der Waals surface area contributed by atoms with E-state index in [1.54, 1.807) is 0 Å². The molecule has 0 aliphatic carbocycles. The molecule has 9 aromatic rings. The average Bonchev–Trinajstić information content (AvgIpc) is 3.57. The summed E-state index contributed by atoms with van der Waals surface area (Å²) >= 11 is 1.81. The summed E-state index contributed by atoms with van der Waals surface area (Å²) in [6.07, 6.45) is 0. The third kappa shape index (κ3) is 5.10. The molecular formula is C45H29N3S. The van der Waals surface area contributed by atoms with Gasteiger partial charge in [0.05, 0.1) is 0 Å². The maximum Gasteiger partial charge on any atom is 0.106 e. The van der Waals surface area contributed by atoms with Crippen LogP contribution in [0.5, 0.6) is 0 Å². The number of rotatable bonds is 6. The number of aromatic nitrogens is 3. The van der Waals surface area contributed by atoms with Crippen molar-refractivity contribution in [2.24, 2.45) is 0 Å². The van der Waals surface area contributed by atoms with Gasteiger partial charge in [-0.15, -0.1) is 21.5 Å². The topological polar surface area (TPSA) is 38.7 Å². The van der Waals surface area contributed by atoms with Crippen molar-refractivity contribution >= 4 is 31.5 Å². The minimum Gasteiger partial charge on any atom is -0.135 e. The predicted octanol–water partition coefficient (Wildman–Crippen LogP) is 12.2. The first-order valence-corrected chi connectivity index (χ1v) is 17.2. The van der Waals surface area contributed by atoms with E-state index in [1.165, 1.54) is 36.9 Å². The number of nitrogens with zero attached hydrogens (tertiary/aromatic N) is 3. The number of hydrogen-bond donors (Lipinski definition) is 0. The third-order valence-electron chi connectivity index (χ3n) is 9.17. The van der Waals surface area contributed by atoms with Gasteiger partial charge in [0, 0.05) is 36.9 Å². The van der Waals surface area contributed by atoms with Crippen LogP contribution in [0.25, 0.3) is 87.2 Å². The lowest BCUT2D eigenvalue weighted by Crippen LogP contribution is -2.02. The first-order valence-electron chi connectivity index (χ1n) is 16.4. The summed E-state index contributed by atoms with van der Waals surface area (Å²) in [6.45, 7) is 0. The van der Waals surface area contributed by atoms with Crippen molar-refractivity contribution in [3.8, 4) is 67.0 Å². The Kier molecular flexibility index (Phi) is 7.34. The molecule has 230 valence electrons. The summed E-state index contributed by atoms with van der Waals surface area (Å²) < 4.78 is 2.45. The second-order valence-corrected chi connectivity index (χ2v) is 13.1. The fourth-order valence-electron chi connectivity index (χ4n) is 7.00. The fraction of sp³-hybridized carbons (Fsp3) is 0. The number of thiophene rings is 1. The van der Waals surface area contributed by atoms with E-state index >= 15 is 0 Å². The van der Waals surface area contributed by atoms with Crippen molar-refractivity contribution in [3.63, 3.8) is 0 Å². The van der Waals surface area contributed by atoms with Gasteiger partial charge in [0.15, 0.2) is 0 Å². The zero-order valence-corrected chi connectivity index (χ0v) is 27.3. The van der Waals surface area contributed by atoms with Gasteiger partial charge in [-0.1, -0.05) is 164 Å². The van der Waals surface area contributed by atoms with Crippen LogP contribution in [0.15, 0.2) is 176 Å². The largest absolute Gasteiger partial charge is 0.135 e. The second kappa shape index (κ2) is 12.4. The van der Waals surface area contributed by atoms with Crippen LogP contribution < -0.4 is 0 Å². The van der Waals surface area contributed by atoms with Gasteiger partial charge < -0.3 is 0 Å². The third-order valence-corrected chi connectivity index (χ3v) is 10.3. The van der Waals surface area contributed by atoms with Crippen molar-refractivity contribution in [2.45, 2.75) is 0 Å². The molecule has 0 amide bonds. The van der Waals surface area contributed by atoms with Gasteiger partial charge in [0.1, 0.15) is 11.4 Å². The van der Waals surface area contributed by atoms with E-state index in [2.05, 4.69) is 157 Å². The van der Waals surface area contributed by atoms with Crippen LogP contribution in [0.2, 0.25) is 0 Å². The SMILES string of the molecule is c1ccc(-c2ccccc2-c2ccccc2-c2ccc3sc4ccccc4c3c2-c2nnnc(-c3ccccc3)c2-c2ccccc2)cc1. The van der Waals surface area contributed by atoms with Gasteiger partial charge >= 0.3 is 0 Å². The van der Waals surface area contributed by atoms with Crippen LogP contribution >= 0.6 is 11.3 Å². The molecule has 0 atom stereocenters. The Balaban J connectivity index is 1.41. The first-order chi connectivity index (χ1) is 24.3. The van der Waals surface area contributed by atoms with E-state index in [-0.39, 0.29) is 0 Å². The molecule has 0 saturated heterocycles. The first kappa shape index (κ1) is 29.0. The molecule has 3 nitrogen and oxygen atoms in total. The van der Waals surface area contributed by atoms with Gasteiger partial charge in [-0.2, -0.15) is 0 Å². The molecule has 0 spiro atoms. The van der Waals surface area contributed by atoms with Crippen LogP contribution in [0.4, 0.5) is 0 Å². The molecule has 0 unspecified atom stereocenters. The van der Waals surface area contributed by atoms with Crippen molar-refractivity contribution < 1.29 is 0 Å². The average molecular weight is 644 g/mol. The molecule has 0 bridgehead atoms. The van der Waals surface area contributed by atoms with E-state index in [9.17, 15) is 0 Å². The maximum absolute atomic E-state index is 4.95. The number of hydrogen-bond acceptors (Lipinski definition) is 4. The molecule has 0 saturated carbocycles. The zero-order chi connectivity index (χ0) is 32.6. The standard InChI is InChI=1S/C45H29N3S/c1-4-16-30(17-5-1)33-22-10-11-23-34(33)35-24-12-13-25-36(35)37-28-29-40-42(38-26-14-15-27-39(38)49-40)43(37)45-41(31-18-6-2-7-19-31)44(46-48-47-45)32-20-8-3-9-21-32/h1-29H. The van der Waals surface area contributed by atoms with Crippen molar-refractivity contribution in [1.82, 2.24) is 15.4 Å². The quantitative estimate of drug-likeness (QED) is 0.181. The molecule has 9 rings (SSSR count). The van der Waals surface area contributed by atoms with Crippen LogP contribution in [0.1, 0.15) is 0 Å². The summed E-state index contributed by atoms with van der Waals surface area (Å²) in [5.41, 5.74) is 12.7. The van der Waals surface area contributed by atoms with Gasteiger partial charge in [-0.05, 0) is 56.3 Å². The highest BCUT2D eigenvalue weighted by Crippen LogP contribution is 2.50. The fourth-order valence-corrected chi connectivity index (χ4v) is 8.12. The highest BCUT2D eigenvalue weighted by Gasteiger charge is 2.25. The summed E-state index contributed by atoms with van der Waals surface area (Å²) in [7, 11) is 0. The molecule has 4 heteroatoms. The zero-order valence-electron chi connectivity index (χ0n) is 26.5. The Hall–Kier alpha value is -6.23. The molecule has 7 aromatic carbocycles. The predicted molar refractivity (Wildman–Crippen MR) is 205 cm³/mol. The molecule has 0 N–H and O–H groups in total. The van der Waals surface area contributed by atoms with E-state index in [0.29, 0.717) is 0 Å². The highest BCUT2D eigenvalue weighted by molar-refractivity contribution is 7.26. The molecule has 2 heterocycles. The Bertz CT molecular complexity index is 2590. The molecule has 0 fully saturated rings. The molecular weight excluding hydrogens is 615 g/mol. The Morgan fingerprint density at radius 2 is 0.837 bits per heavy atom. The minimum atomic E-state index is 0.807. The highest BCUT2D eigenvalue weighted by atomic mass is 32.1. The molecule has 0 radical (unpaired) electrons.